The van der Waals surface area contributed by atoms with Gasteiger partial charge in [-0.1, -0.05) is 90.4 Å². The molecular formula is C25H51NO8. The highest BCUT2D eigenvalue weighted by molar-refractivity contribution is 4.95. The smallest absolute Gasteiger partial charge is 0.150 e. The van der Waals surface area contributed by atoms with Gasteiger partial charge in [-0.2, -0.15) is 0 Å². The minimum atomic E-state index is -1.46. The molecule has 2 unspecified atom stereocenters. The van der Waals surface area contributed by atoms with Gasteiger partial charge in [0.05, 0.1) is 19.3 Å². The van der Waals surface area contributed by atoms with E-state index in [1.807, 2.05) is 0 Å². The van der Waals surface area contributed by atoms with Crippen LogP contribution in [0.15, 0.2) is 0 Å². The van der Waals surface area contributed by atoms with Crippen molar-refractivity contribution in [1.82, 2.24) is 0 Å². The summed E-state index contributed by atoms with van der Waals surface area (Å²) in [5, 5.41) is 40.5. The van der Waals surface area contributed by atoms with Gasteiger partial charge in [-0.25, -0.2) is 15.7 Å². The Bertz CT molecular complexity index is 472. The van der Waals surface area contributed by atoms with Gasteiger partial charge < -0.3 is 30.0 Å². The zero-order valence-electron chi connectivity index (χ0n) is 21.4. The van der Waals surface area contributed by atoms with Crippen molar-refractivity contribution >= 4 is 0 Å². The maximum absolute atomic E-state index is 10.3. The molecule has 1 fully saturated rings. The molecule has 0 saturated carbocycles. The highest BCUT2D eigenvalue weighted by Gasteiger charge is 2.48. The zero-order valence-corrected chi connectivity index (χ0v) is 21.4. The monoisotopic (exact) mass is 493 g/mol. The average Bonchev–Trinajstić information content (AvgIpc) is 2.82. The third-order valence-corrected chi connectivity index (χ3v) is 6.62. The third kappa shape index (κ3) is 12.6. The van der Waals surface area contributed by atoms with E-state index in [1.54, 1.807) is 6.92 Å². The second kappa shape index (κ2) is 19.8. The second-order valence-corrected chi connectivity index (χ2v) is 9.66. The first-order valence-corrected chi connectivity index (χ1v) is 13.4. The SMILES string of the molecule is CCCCCCCCCCCCCCCCOOC(C(O)CON)[C@@H]1O[C@@H](C)[C@H](O)[C@@H](O)[C@H]1O. The molecule has 9 nitrogen and oxygen atoms in total. The van der Waals surface area contributed by atoms with Crippen LogP contribution in [0, 0.1) is 0 Å². The lowest BCUT2D eigenvalue weighted by molar-refractivity contribution is -0.374. The molecular weight excluding hydrogens is 442 g/mol. The Morgan fingerprint density at radius 3 is 1.76 bits per heavy atom. The van der Waals surface area contributed by atoms with Crippen molar-refractivity contribution < 1.29 is 39.8 Å². The lowest BCUT2D eigenvalue weighted by Gasteiger charge is -2.42. The van der Waals surface area contributed by atoms with Crippen molar-refractivity contribution in [2.45, 2.75) is 146 Å². The molecule has 0 aromatic carbocycles. The molecule has 34 heavy (non-hydrogen) atoms. The van der Waals surface area contributed by atoms with Gasteiger partial charge in [0.1, 0.15) is 36.6 Å². The highest BCUT2D eigenvalue weighted by Crippen LogP contribution is 2.26. The highest BCUT2D eigenvalue weighted by atomic mass is 17.2. The fraction of sp³-hybridized carbons (Fsp3) is 1.00. The Morgan fingerprint density at radius 2 is 1.26 bits per heavy atom. The van der Waals surface area contributed by atoms with Crippen LogP contribution in [0.5, 0.6) is 0 Å². The van der Waals surface area contributed by atoms with Crippen molar-refractivity contribution in [2.24, 2.45) is 5.90 Å². The van der Waals surface area contributed by atoms with Crippen molar-refractivity contribution in [3.63, 3.8) is 0 Å². The molecule has 1 aliphatic rings. The van der Waals surface area contributed by atoms with Crippen molar-refractivity contribution in [3.8, 4) is 0 Å². The predicted octanol–water partition coefficient (Wildman–Crippen LogP) is 2.91. The molecule has 1 saturated heterocycles. The fourth-order valence-corrected chi connectivity index (χ4v) is 4.37. The first kappa shape index (κ1) is 31.7. The first-order valence-electron chi connectivity index (χ1n) is 13.4. The minimum absolute atomic E-state index is 0.271. The maximum Gasteiger partial charge on any atom is 0.150 e. The van der Waals surface area contributed by atoms with E-state index in [-0.39, 0.29) is 6.61 Å². The van der Waals surface area contributed by atoms with Gasteiger partial charge in [0, 0.05) is 0 Å². The summed E-state index contributed by atoms with van der Waals surface area (Å²) in [6.45, 7) is 3.87. The quantitative estimate of drug-likeness (QED) is 0.0926. The Balaban J connectivity index is 2.14. The van der Waals surface area contributed by atoms with Crippen molar-refractivity contribution in [3.05, 3.63) is 0 Å². The lowest BCUT2D eigenvalue weighted by Crippen LogP contribution is -2.62. The summed E-state index contributed by atoms with van der Waals surface area (Å²) >= 11 is 0. The molecule has 0 aliphatic carbocycles. The van der Waals surface area contributed by atoms with Crippen LogP contribution in [0.2, 0.25) is 0 Å². The molecule has 1 heterocycles. The largest absolute Gasteiger partial charge is 0.388 e. The molecule has 7 atom stereocenters. The Kier molecular flexibility index (Phi) is 18.4. The number of ether oxygens (including phenoxy) is 1. The number of aliphatic hydroxyl groups is 4. The van der Waals surface area contributed by atoms with Crippen LogP contribution in [0.1, 0.15) is 104 Å². The van der Waals surface area contributed by atoms with Gasteiger partial charge in [-0.15, -0.1) is 0 Å². The van der Waals surface area contributed by atoms with Crippen molar-refractivity contribution in [1.29, 1.82) is 0 Å². The summed E-state index contributed by atoms with van der Waals surface area (Å²) in [5.74, 6) is 5.05. The average molecular weight is 494 g/mol. The van der Waals surface area contributed by atoms with Crippen molar-refractivity contribution in [2.75, 3.05) is 13.2 Å². The molecule has 1 rings (SSSR count). The van der Waals surface area contributed by atoms with E-state index in [0.717, 1.165) is 19.3 Å². The molecule has 0 aromatic rings. The Morgan fingerprint density at radius 1 is 0.765 bits per heavy atom. The molecule has 0 aromatic heterocycles. The first-order chi connectivity index (χ1) is 16.4. The molecule has 1 aliphatic heterocycles. The molecule has 0 radical (unpaired) electrons. The van der Waals surface area contributed by atoms with Gasteiger partial charge >= 0.3 is 0 Å². The van der Waals surface area contributed by atoms with Crippen LogP contribution in [0.25, 0.3) is 0 Å². The lowest BCUT2D eigenvalue weighted by atomic mass is 9.91. The molecule has 0 amide bonds. The van der Waals surface area contributed by atoms with Gasteiger partial charge in [0.25, 0.3) is 0 Å². The van der Waals surface area contributed by atoms with E-state index in [9.17, 15) is 20.4 Å². The van der Waals surface area contributed by atoms with Crippen LogP contribution in [0.4, 0.5) is 0 Å². The Hall–Kier alpha value is -0.360. The summed E-state index contributed by atoms with van der Waals surface area (Å²) in [7, 11) is 0. The predicted molar refractivity (Wildman–Crippen MR) is 130 cm³/mol. The summed E-state index contributed by atoms with van der Waals surface area (Å²) in [6.07, 6.45) is 9.23. The summed E-state index contributed by atoms with van der Waals surface area (Å²) in [4.78, 5) is 15.1. The standard InChI is InChI=1S/C25H51NO8/c1-3-4-5-6-7-8-9-10-11-12-13-14-15-16-17-32-34-24(20(27)18-31-26)25-23(30)22(29)21(28)19(2)33-25/h19-25,27-30H,3-18,26H2,1-2H3/t19-,20?,21-,22+,23+,24?,25+/m0/s1. The molecule has 0 spiro atoms. The van der Waals surface area contributed by atoms with Crippen LogP contribution >= 0.6 is 0 Å². The van der Waals surface area contributed by atoms with E-state index in [0.29, 0.717) is 6.61 Å². The van der Waals surface area contributed by atoms with Gasteiger partial charge in [-0.3, -0.25) is 0 Å². The maximum atomic E-state index is 10.3. The molecule has 6 N–H and O–H groups in total. The van der Waals surface area contributed by atoms with Crippen LogP contribution in [-0.4, -0.2) is 76.4 Å². The van der Waals surface area contributed by atoms with Gasteiger partial charge in [0.15, 0.2) is 0 Å². The fourth-order valence-electron chi connectivity index (χ4n) is 4.37. The number of aliphatic hydroxyl groups excluding tert-OH is 4. The van der Waals surface area contributed by atoms with E-state index >= 15 is 0 Å². The van der Waals surface area contributed by atoms with E-state index < -0.39 is 42.7 Å². The minimum Gasteiger partial charge on any atom is -0.388 e. The molecule has 0 bridgehead atoms. The second-order valence-electron chi connectivity index (χ2n) is 9.66. The number of rotatable bonds is 21. The summed E-state index contributed by atoms with van der Waals surface area (Å²) in [5.41, 5.74) is 0. The normalized spacial score (nSPS) is 27.1. The van der Waals surface area contributed by atoms with Crippen LogP contribution < -0.4 is 5.90 Å². The van der Waals surface area contributed by atoms with E-state index in [4.69, 9.17) is 20.4 Å². The van der Waals surface area contributed by atoms with Gasteiger partial charge in [-0.05, 0) is 13.3 Å². The van der Waals surface area contributed by atoms with Crippen LogP contribution in [0.3, 0.4) is 0 Å². The van der Waals surface area contributed by atoms with Gasteiger partial charge in [0.2, 0.25) is 0 Å². The number of unbranched alkanes of at least 4 members (excludes halogenated alkanes) is 13. The third-order valence-electron chi connectivity index (χ3n) is 6.62. The van der Waals surface area contributed by atoms with Crippen LogP contribution in [-0.2, 0) is 19.3 Å². The number of nitrogens with two attached hydrogens (primary N) is 1. The topological polar surface area (TPSA) is 144 Å². The summed E-state index contributed by atoms with van der Waals surface area (Å²) < 4.78 is 5.57. The molecule has 204 valence electrons. The summed E-state index contributed by atoms with van der Waals surface area (Å²) in [6, 6.07) is 0. The Labute approximate surface area is 205 Å². The zero-order chi connectivity index (χ0) is 25.2. The number of hydrogen-bond acceptors (Lipinski definition) is 9. The number of hydrogen-bond donors (Lipinski definition) is 5. The van der Waals surface area contributed by atoms with E-state index in [1.165, 1.54) is 70.6 Å². The molecule has 9 heteroatoms. The van der Waals surface area contributed by atoms with E-state index in [2.05, 4.69) is 11.8 Å².